The maximum Gasteiger partial charge on any atom is 0.406 e. The van der Waals surface area contributed by atoms with Gasteiger partial charge in [0.25, 0.3) is 0 Å². The normalized spacial score (nSPS) is 17.1. The zero-order valence-corrected chi connectivity index (χ0v) is 33.6. The largest absolute Gasteiger partial charge is 0.503 e. The average molecular weight is 935 g/mol. The van der Waals surface area contributed by atoms with Crippen LogP contribution >= 0.6 is 0 Å². The van der Waals surface area contributed by atoms with E-state index in [1.807, 2.05) is 4.90 Å². The van der Waals surface area contributed by atoms with Gasteiger partial charge in [0.2, 0.25) is 16.3 Å². The van der Waals surface area contributed by atoms with Crippen molar-refractivity contribution in [3.05, 3.63) is 84.5 Å². The second-order valence-electron chi connectivity index (χ2n) is 14.1. The van der Waals surface area contributed by atoms with Gasteiger partial charge in [-0.1, -0.05) is 0 Å². The average Bonchev–Trinajstić information content (AvgIpc) is 3.18. The van der Waals surface area contributed by atoms with Crippen LogP contribution in [0.4, 0.5) is 39.5 Å². The molecule has 0 aliphatic carbocycles. The number of alkyl halides is 9. The molecule has 15 nitrogen and oxygen atoms in total. The molecule has 25 heteroatoms. The van der Waals surface area contributed by atoms with Crippen molar-refractivity contribution in [2.24, 2.45) is 0 Å². The van der Waals surface area contributed by atoms with Gasteiger partial charge < -0.3 is 53.0 Å². The van der Waals surface area contributed by atoms with Crippen molar-refractivity contribution in [2.75, 3.05) is 78.9 Å². The van der Waals surface area contributed by atoms with Crippen LogP contribution < -0.4 is 26.1 Å². The molecule has 5 N–H and O–H groups in total. The van der Waals surface area contributed by atoms with Crippen LogP contribution in [0.1, 0.15) is 17.1 Å². The summed E-state index contributed by atoms with van der Waals surface area (Å²) in [6, 6.07) is 2.82. The van der Waals surface area contributed by atoms with Crippen molar-refractivity contribution < 1.29 is 95.9 Å². The van der Waals surface area contributed by atoms with Gasteiger partial charge in [-0.05, 0) is 0 Å². The first-order valence-electron chi connectivity index (χ1n) is 18.7. The van der Waals surface area contributed by atoms with E-state index in [-0.39, 0.29) is 53.8 Å². The first-order chi connectivity index (χ1) is 28.1. The monoisotopic (exact) mass is 934 g/mol. The molecule has 0 amide bonds. The van der Waals surface area contributed by atoms with Gasteiger partial charge in [0.1, 0.15) is 70.3 Å². The van der Waals surface area contributed by atoms with E-state index in [1.165, 1.54) is 0 Å². The van der Waals surface area contributed by atoms with E-state index in [2.05, 4.69) is 0 Å². The third-order valence-corrected chi connectivity index (χ3v) is 9.54. The van der Waals surface area contributed by atoms with Crippen molar-refractivity contribution in [3.8, 4) is 17.2 Å². The van der Waals surface area contributed by atoms with Crippen LogP contribution in [0, 0.1) is 0 Å². The van der Waals surface area contributed by atoms with Crippen molar-refractivity contribution in [1.29, 1.82) is 0 Å². The van der Waals surface area contributed by atoms with Crippen LogP contribution in [0.25, 0.3) is 0 Å². The molecule has 3 fully saturated rings. The van der Waals surface area contributed by atoms with Crippen molar-refractivity contribution in [1.82, 2.24) is 18.6 Å². The molecule has 344 valence electrons. The quantitative estimate of drug-likeness (QED) is 0.146. The number of aromatic nitrogens is 3. The van der Waals surface area contributed by atoms with Crippen LogP contribution in [-0.2, 0) is 70.5 Å². The van der Waals surface area contributed by atoms with Gasteiger partial charge in [0.15, 0.2) is 17.2 Å². The van der Waals surface area contributed by atoms with Gasteiger partial charge in [-0.3, -0.25) is 19.3 Å². The maximum absolute atomic E-state index is 12.5. The van der Waals surface area contributed by atoms with Crippen LogP contribution in [0.15, 0.2) is 51.2 Å². The fraction of sp³-hybridized carbons (Fsp3) is 0.583. The van der Waals surface area contributed by atoms with Crippen LogP contribution in [0.3, 0.4) is 0 Å². The zero-order valence-electron chi connectivity index (χ0n) is 32.5. The molecule has 0 radical (unpaired) electrons. The van der Waals surface area contributed by atoms with E-state index in [9.17, 15) is 69.2 Å². The van der Waals surface area contributed by atoms with E-state index in [1.54, 1.807) is 0 Å². The number of quaternary nitrogens is 2. The van der Waals surface area contributed by atoms with Crippen molar-refractivity contribution in [3.63, 3.8) is 0 Å². The number of nitrogens with zero attached hydrogens (tertiary/aromatic N) is 4. The smallest absolute Gasteiger partial charge is 0.406 e. The Kier molecular flexibility index (Phi) is 19.2. The van der Waals surface area contributed by atoms with Gasteiger partial charge in [0.05, 0.1) is 45.3 Å². The third kappa shape index (κ3) is 16.9. The molecule has 0 spiro atoms. The van der Waals surface area contributed by atoms with Crippen LogP contribution in [0.5, 0.6) is 17.2 Å². The Morgan fingerprint density at radius 2 is 0.803 bits per heavy atom. The number of ether oxygens (including phenoxy) is 3. The van der Waals surface area contributed by atoms with Gasteiger partial charge >= 0.3 is 18.5 Å². The topological polar surface area (TPSA) is 166 Å². The minimum atomic E-state index is -4.42. The minimum absolute atomic E-state index is 0. The number of halogens is 9. The predicted molar refractivity (Wildman–Crippen MR) is 192 cm³/mol. The molecule has 0 unspecified atom stereocenters. The summed E-state index contributed by atoms with van der Waals surface area (Å²) in [6.07, 6.45) is -10.0. The summed E-state index contributed by atoms with van der Waals surface area (Å²) >= 11 is 0. The van der Waals surface area contributed by atoms with Gasteiger partial charge in [-0.25, -0.2) is 0 Å². The first kappa shape index (κ1) is 51.3. The molecule has 3 aliphatic heterocycles. The standard InChI is InChI=1S/3C12H15F3N2O3.Fe/c3*13-12(14,15)8-17-2-1-10(18)11(19)9(17)7-16-3-5-20-6-4-16;/h3*1-2,19H,3-8H2;/p+2. The van der Waals surface area contributed by atoms with E-state index in [0.717, 1.165) is 60.3 Å². The molecule has 3 aromatic heterocycles. The van der Waals surface area contributed by atoms with Crippen LogP contribution in [0.2, 0.25) is 0 Å². The molecule has 61 heavy (non-hydrogen) atoms. The Balaban J connectivity index is 0.000000242. The molecule has 3 aromatic rings. The summed E-state index contributed by atoms with van der Waals surface area (Å²) < 4.78 is 131. The Morgan fingerprint density at radius 3 is 1.13 bits per heavy atom. The molecule has 0 aromatic carbocycles. The third-order valence-electron chi connectivity index (χ3n) is 9.54. The number of nitrogens with one attached hydrogen (secondary N) is 2. The predicted octanol–water partition coefficient (Wildman–Crippen LogP) is 0.00850. The number of morpholine rings is 3. The summed E-state index contributed by atoms with van der Waals surface area (Å²) in [5, 5.41) is 29.3. The van der Waals surface area contributed by atoms with Gasteiger partial charge in [0, 0.05) is 73.5 Å². The summed E-state index contributed by atoms with van der Waals surface area (Å²) in [4.78, 5) is 38.1. The Bertz CT molecular complexity index is 1800. The fourth-order valence-corrected chi connectivity index (χ4v) is 6.49. The molecular weight excluding hydrogens is 887 g/mol. The number of aromatic hydroxyl groups is 3. The molecule has 0 saturated carbocycles. The second kappa shape index (κ2) is 22.8. The number of pyridine rings is 3. The summed E-state index contributed by atoms with van der Waals surface area (Å²) in [5.41, 5.74) is -1.97. The van der Waals surface area contributed by atoms with Gasteiger partial charge in [-0.2, -0.15) is 39.5 Å². The van der Waals surface area contributed by atoms with Crippen molar-refractivity contribution >= 4 is 0 Å². The van der Waals surface area contributed by atoms with E-state index >= 15 is 0 Å². The second-order valence-corrected chi connectivity index (χ2v) is 14.1. The first-order valence-corrected chi connectivity index (χ1v) is 18.7. The van der Waals surface area contributed by atoms with Gasteiger partial charge in [-0.15, -0.1) is 0 Å². The number of hydrogen-bond acceptors (Lipinski definition) is 10. The fourth-order valence-electron chi connectivity index (χ4n) is 6.49. The Morgan fingerprint density at radius 1 is 0.508 bits per heavy atom. The molecular formula is C36H47F9FeN6O9+2. The summed E-state index contributed by atoms with van der Waals surface area (Å²) in [6.45, 7) is 3.42. The molecule has 0 bridgehead atoms. The van der Waals surface area contributed by atoms with E-state index in [4.69, 9.17) is 14.2 Å². The molecule has 3 saturated heterocycles. The maximum atomic E-state index is 12.5. The Hall–Kier alpha value is -4.10. The molecule has 6 rings (SSSR count). The molecule has 6 heterocycles. The Labute approximate surface area is 352 Å². The SMILES string of the molecule is O=c1ccn(CC(F)(F)F)c(CN2CCOCC2)c1O.O=c1ccn(CC(F)(F)F)c(C[NH+]2CCOCC2)c1O.O=c1ccn(CC(F)(F)F)c(C[NH+]2CCOCC2)c1O.[Fe]. The van der Waals surface area contributed by atoms with E-state index in [0.29, 0.717) is 78.9 Å². The summed E-state index contributed by atoms with van der Waals surface area (Å²) in [7, 11) is 0. The number of hydrogen-bond donors (Lipinski definition) is 5. The van der Waals surface area contributed by atoms with Crippen molar-refractivity contribution in [2.45, 2.75) is 57.8 Å². The minimum Gasteiger partial charge on any atom is -0.503 e. The number of rotatable bonds is 9. The van der Waals surface area contributed by atoms with E-state index < -0.39 is 71.7 Å². The van der Waals surface area contributed by atoms with Crippen LogP contribution in [-0.4, -0.2) is 131 Å². The molecule has 3 aliphatic rings. The summed E-state index contributed by atoms with van der Waals surface area (Å²) in [5.74, 6) is -1.82. The molecule has 0 atom stereocenters. The zero-order chi connectivity index (χ0) is 44.3.